The molecule has 0 aliphatic rings. The summed E-state index contributed by atoms with van der Waals surface area (Å²) in [4.78, 5) is 29.3. The predicted molar refractivity (Wildman–Crippen MR) is 172 cm³/mol. The number of anilines is 1. The van der Waals surface area contributed by atoms with E-state index in [1.54, 1.807) is 61.5 Å². The molecule has 4 rings (SSSR count). The molecule has 0 aliphatic carbocycles. The van der Waals surface area contributed by atoms with Crippen LogP contribution < -0.4 is 9.62 Å². The van der Waals surface area contributed by atoms with Crippen molar-refractivity contribution < 1.29 is 18.0 Å². The van der Waals surface area contributed by atoms with Crippen LogP contribution in [0.15, 0.2) is 108 Å². The van der Waals surface area contributed by atoms with E-state index in [9.17, 15) is 18.0 Å². The molecule has 0 bridgehead atoms. The topological polar surface area (TPSA) is 86.8 Å². The second-order valence-electron chi connectivity index (χ2n) is 10.1. The van der Waals surface area contributed by atoms with Gasteiger partial charge >= 0.3 is 0 Å². The average molecular weight is 639 g/mol. The number of carbonyl (C=O) groups is 2. The lowest BCUT2D eigenvalue weighted by atomic mass is 10.0. The van der Waals surface area contributed by atoms with Crippen LogP contribution in [0.2, 0.25) is 10.0 Å². The van der Waals surface area contributed by atoms with Gasteiger partial charge in [-0.3, -0.25) is 13.9 Å². The first-order chi connectivity index (χ1) is 20.6. The normalized spacial score (nSPS) is 11.9. The lowest BCUT2D eigenvalue weighted by Crippen LogP contribution is -2.53. The Hall–Kier alpha value is -3.85. The molecule has 1 atom stereocenters. The van der Waals surface area contributed by atoms with E-state index in [1.165, 1.54) is 17.0 Å². The molecule has 0 radical (unpaired) electrons. The average Bonchev–Trinajstić information content (AvgIpc) is 2.99. The number of nitrogens with one attached hydrogen (secondary N) is 1. The molecule has 7 nitrogen and oxygen atoms in total. The number of carbonyl (C=O) groups excluding carboxylic acids is 2. The van der Waals surface area contributed by atoms with Crippen molar-refractivity contribution in [2.24, 2.45) is 0 Å². The summed E-state index contributed by atoms with van der Waals surface area (Å²) in [5.41, 5.74) is 2.71. The maximum absolute atomic E-state index is 14.3. The van der Waals surface area contributed by atoms with Crippen LogP contribution in [0.1, 0.15) is 23.6 Å². The van der Waals surface area contributed by atoms with Crippen LogP contribution in [-0.2, 0) is 32.6 Å². The second kappa shape index (κ2) is 14.6. The number of likely N-dealkylation sites (N-methyl/N-ethyl adjacent to an activating group) is 1. The maximum atomic E-state index is 14.3. The SMILES string of the molecule is CCNC(=O)[C@H](Cc1ccccc1)N(Cc1cccc(Cl)c1)C(=O)CN(c1ccc(Cl)cc1)S(=O)(=O)c1ccc(C)cc1. The Morgan fingerprint density at radius 2 is 1.47 bits per heavy atom. The molecule has 224 valence electrons. The number of sulfonamides is 1. The molecule has 0 fully saturated rings. The van der Waals surface area contributed by atoms with Crippen LogP contribution in [0.5, 0.6) is 0 Å². The van der Waals surface area contributed by atoms with Gasteiger partial charge in [0.2, 0.25) is 11.8 Å². The number of hydrogen-bond donors (Lipinski definition) is 1. The summed E-state index contributed by atoms with van der Waals surface area (Å²) >= 11 is 12.4. The summed E-state index contributed by atoms with van der Waals surface area (Å²) in [6, 6.07) is 28.1. The van der Waals surface area contributed by atoms with E-state index in [-0.39, 0.29) is 29.5 Å². The third-order valence-corrected chi connectivity index (χ3v) is 9.14. The van der Waals surface area contributed by atoms with E-state index < -0.39 is 28.5 Å². The number of benzene rings is 4. The summed E-state index contributed by atoms with van der Waals surface area (Å²) in [7, 11) is -4.19. The van der Waals surface area contributed by atoms with Crippen molar-refractivity contribution in [2.75, 3.05) is 17.4 Å². The van der Waals surface area contributed by atoms with Crippen molar-refractivity contribution >= 4 is 50.7 Å². The minimum atomic E-state index is -4.19. The van der Waals surface area contributed by atoms with Gasteiger partial charge in [-0.05, 0) is 73.5 Å². The third kappa shape index (κ3) is 8.38. The maximum Gasteiger partial charge on any atom is 0.264 e. The highest BCUT2D eigenvalue weighted by Gasteiger charge is 2.34. The highest BCUT2D eigenvalue weighted by Crippen LogP contribution is 2.27. The van der Waals surface area contributed by atoms with E-state index >= 15 is 0 Å². The summed E-state index contributed by atoms with van der Waals surface area (Å²) in [5.74, 6) is -0.904. The molecule has 0 aliphatic heterocycles. The molecule has 4 aromatic carbocycles. The molecular weight excluding hydrogens is 605 g/mol. The Bertz CT molecular complexity index is 1650. The standard InChI is InChI=1S/C33H33Cl2N3O4S/c1-3-36-33(40)31(21-25-8-5-4-6-9-25)37(22-26-10-7-11-28(35)20-26)32(39)23-38(29-16-14-27(34)15-17-29)43(41,42)30-18-12-24(2)13-19-30/h4-20,31H,3,21-23H2,1-2H3,(H,36,40)/t31-/m0/s1. The fourth-order valence-electron chi connectivity index (χ4n) is 4.65. The minimum absolute atomic E-state index is 0.0341. The predicted octanol–water partition coefficient (Wildman–Crippen LogP) is 6.27. The van der Waals surface area contributed by atoms with Crippen LogP contribution in [0.25, 0.3) is 0 Å². The van der Waals surface area contributed by atoms with Crippen LogP contribution in [0, 0.1) is 6.92 Å². The van der Waals surface area contributed by atoms with Gasteiger partial charge in [0.15, 0.2) is 0 Å². The van der Waals surface area contributed by atoms with Crippen molar-refractivity contribution in [1.29, 1.82) is 0 Å². The number of aryl methyl sites for hydroxylation is 1. The first-order valence-electron chi connectivity index (χ1n) is 13.8. The molecule has 0 saturated carbocycles. The third-order valence-electron chi connectivity index (χ3n) is 6.87. The van der Waals surface area contributed by atoms with Gasteiger partial charge in [-0.15, -0.1) is 0 Å². The van der Waals surface area contributed by atoms with Gasteiger partial charge in [0.25, 0.3) is 10.0 Å². The van der Waals surface area contributed by atoms with Crippen molar-refractivity contribution in [1.82, 2.24) is 10.2 Å². The highest BCUT2D eigenvalue weighted by atomic mass is 35.5. The van der Waals surface area contributed by atoms with Crippen molar-refractivity contribution in [3.05, 3.63) is 130 Å². The lowest BCUT2D eigenvalue weighted by molar-refractivity contribution is -0.140. The van der Waals surface area contributed by atoms with Gasteiger partial charge in [-0.25, -0.2) is 8.42 Å². The Balaban J connectivity index is 1.79. The van der Waals surface area contributed by atoms with Gasteiger partial charge in [0.05, 0.1) is 10.6 Å². The van der Waals surface area contributed by atoms with Gasteiger partial charge < -0.3 is 10.2 Å². The largest absolute Gasteiger partial charge is 0.355 e. The van der Waals surface area contributed by atoms with E-state index in [1.807, 2.05) is 43.3 Å². The number of nitrogens with zero attached hydrogens (tertiary/aromatic N) is 2. The molecule has 4 aromatic rings. The van der Waals surface area contributed by atoms with Gasteiger partial charge in [-0.2, -0.15) is 0 Å². The fourth-order valence-corrected chi connectivity index (χ4v) is 6.40. The summed E-state index contributed by atoms with van der Waals surface area (Å²) in [6.07, 6.45) is 0.227. The molecule has 0 spiro atoms. The number of halogens is 2. The molecule has 2 amide bonds. The quantitative estimate of drug-likeness (QED) is 0.198. The van der Waals surface area contributed by atoms with Crippen LogP contribution in [-0.4, -0.2) is 44.3 Å². The molecule has 0 aromatic heterocycles. The zero-order chi connectivity index (χ0) is 31.0. The Labute approximate surface area is 263 Å². The molecular formula is C33H33Cl2N3O4S. The van der Waals surface area contributed by atoms with Crippen LogP contribution >= 0.6 is 23.2 Å². The lowest BCUT2D eigenvalue weighted by Gasteiger charge is -2.34. The molecule has 10 heteroatoms. The fraction of sp³-hybridized carbons (Fsp3) is 0.212. The van der Waals surface area contributed by atoms with Crippen LogP contribution in [0.4, 0.5) is 5.69 Å². The van der Waals surface area contributed by atoms with E-state index in [0.717, 1.165) is 15.4 Å². The van der Waals surface area contributed by atoms with Gasteiger partial charge in [0.1, 0.15) is 12.6 Å². The zero-order valence-corrected chi connectivity index (χ0v) is 26.2. The second-order valence-corrected chi connectivity index (χ2v) is 12.8. The smallest absolute Gasteiger partial charge is 0.264 e. The van der Waals surface area contributed by atoms with Crippen molar-refractivity contribution in [3.8, 4) is 0 Å². The minimum Gasteiger partial charge on any atom is -0.355 e. The molecule has 1 N–H and O–H groups in total. The Morgan fingerprint density at radius 1 is 0.814 bits per heavy atom. The summed E-state index contributed by atoms with van der Waals surface area (Å²) in [6.45, 7) is 3.51. The number of rotatable bonds is 12. The zero-order valence-electron chi connectivity index (χ0n) is 23.9. The summed E-state index contributed by atoms with van der Waals surface area (Å²) < 4.78 is 29.1. The summed E-state index contributed by atoms with van der Waals surface area (Å²) in [5, 5.41) is 3.75. The molecule has 0 heterocycles. The number of amides is 2. The van der Waals surface area contributed by atoms with Crippen molar-refractivity contribution in [3.63, 3.8) is 0 Å². The van der Waals surface area contributed by atoms with Crippen LogP contribution in [0.3, 0.4) is 0 Å². The van der Waals surface area contributed by atoms with Gasteiger partial charge in [-0.1, -0.05) is 83.4 Å². The highest BCUT2D eigenvalue weighted by molar-refractivity contribution is 7.92. The van der Waals surface area contributed by atoms with E-state index in [2.05, 4.69) is 5.32 Å². The monoisotopic (exact) mass is 637 g/mol. The molecule has 43 heavy (non-hydrogen) atoms. The molecule has 0 unspecified atom stereocenters. The molecule has 0 saturated heterocycles. The van der Waals surface area contributed by atoms with E-state index in [4.69, 9.17) is 23.2 Å². The first-order valence-corrected chi connectivity index (χ1v) is 16.0. The first kappa shape index (κ1) is 32.1. The number of hydrogen-bond acceptors (Lipinski definition) is 4. The Kier molecular flexibility index (Phi) is 10.9. The van der Waals surface area contributed by atoms with Crippen molar-refractivity contribution in [2.45, 2.75) is 37.8 Å². The van der Waals surface area contributed by atoms with Gasteiger partial charge in [0, 0.05) is 29.6 Å². The Morgan fingerprint density at radius 3 is 2.09 bits per heavy atom. The van der Waals surface area contributed by atoms with E-state index in [0.29, 0.717) is 22.2 Å².